The van der Waals surface area contributed by atoms with Gasteiger partial charge in [-0.1, -0.05) is 23.7 Å². The molecule has 5 nitrogen and oxygen atoms in total. The molecule has 1 fully saturated rings. The summed E-state index contributed by atoms with van der Waals surface area (Å²) in [6.45, 7) is 1.07. The highest BCUT2D eigenvalue weighted by molar-refractivity contribution is 6.30. The van der Waals surface area contributed by atoms with Crippen LogP contribution in [0.3, 0.4) is 0 Å². The van der Waals surface area contributed by atoms with Crippen molar-refractivity contribution >= 4 is 17.7 Å². The summed E-state index contributed by atoms with van der Waals surface area (Å²) in [5, 5.41) is 22.1. The average Bonchev–Trinajstić information content (AvgIpc) is 2.82. The third-order valence-electron chi connectivity index (χ3n) is 3.55. The Morgan fingerprint density at radius 3 is 2.90 bits per heavy atom. The third kappa shape index (κ3) is 4.56. The smallest absolute Gasteiger partial charge is 0.405 e. The second-order valence-electron chi connectivity index (χ2n) is 5.20. The Morgan fingerprint density at radius 1 is 1.57 bits per heavy atom. The first kappa shape index (κ1) is 16.0. The number of halogens is 2. The first-order chi connectivity index (χ1) is 9.95. The molecule has 0 saturated carbocycles. The van der Waals surface area contributed by atoms with Gasteiger partial charge in [-0.25, -0.2) is 9.18 Å². The Hall–Kier alpha value is -1.37. The maximum Gasteiger partial charge on any atom is 0.405 e. The molecule has 3 N–H and O–H groups in total. The van der Waals surface area contributed by atoms with Crippen molar-refractivity contribution in [1.29, 1.82) is 0 Å². The monoisotopic (exact) mass is 316 g/mol. The highest BCUT2D eigenvalue weighted by Crippen LogP contribution is 2.22. The van der Waals surface area contributed by atoms with E-state index in [4.69, 9.17) is 16.7 Å². The lowest BCUT2D eigenvalue weighted by atomic mass is 10.0. The van der Waals surface area contributed by atoms with Crippen LogP contribution in [0.1, 0.15) is 18.1 Å². The molecule has 1 aliphatic rings. The van der Waals surface area contributed by atoms with Crippen molar-refractivity contribution in [2.75, 3.05) is 19.6 Å². The van der Waals surface area contributed by atoms with Crippen molar-refractivity contribution in [3.63, 3.8) is 0 Å². The van der Waals surface area contributed by atoms with Crippen LogP contribution in [0.2, 0.25) is 5.02 Å². The molecule has 7 heteroatoms. The Balaban J connectivity index is 2.09. The number of alkyl halides is 1. The molecule has 1 aromatic rings. The topological polar surface area (TPSA) is 72.8 Å². The predicted octanol–water partition coefficient (Wildman–Crippen LogP) is 2.05. The van der Waals surface area contributed by atoms with E-state index in [2.05, 4.69) is 5.32 Å². The van der Waals surface area contributed by atoms with Crippen molar-refractivity contribution in [3.05, 3.63) is 34.9 Å². The zero-order valence-corrected chi connectivity index (χ0v) is 12.1. The number of rotatable bonds is 5. The van der Waals surface area contributed by atoms with Crippen LogP contribution < -0.4 is 5.32 Å². The van der Waals surface area contributed by atoms with Crippen LogP contribution in [-0.2, 0) is 0 Å². The van der Waals surface area contributed by atoms with Crippen molar-refractivity contribution in [2.24, 2.45) is 0 Å². The minimum absolute atomic E-state index is 0.250. The summed E-state index contributed by atoms with van der Waals surface area (Å²) < 4.78 is 13.2. The lowest BCUT2D eigenvalue weighted by Crippen LogP contribution is -2.46. The van der Waals surface area contributed by atoms with Crippen LogP contribution in [0.5, 0.6) is 0 Å². The zero-order valence-electron chi connectivity index (χ0n) is 11.4. The predicted molar refractivity (Wildman–Crippen MR) is 77.3 cm³/mol. The number of hydrogen-bond donors (Lipinski definition) is 3. The summed E-state index contributed by atoms with van der Waals surface area (Å²) in [5.74, 6) is 0. The quantitative estimate of drug-likeness (QED) is 0.777. The van der Waals surface area contributed by atoms with Gasteiger partial charge in [0, 0.05) is 24.7 Å². The molecule has 0 aliphatic carbocycles. The maximum absolute atomic E-state index is 13.2. The molecular weight excluding hydrogens is 299 g/mol. The molecule has 21 heavy (non-hydrogen) atoms. The van der Waals surface area contributed by atoms with Gasteiger partial charge in [0.25, 0.3) is 0 Å². The summed E-state index contributed by atoms with van der Waals surface area (Å²) in [4.78, 5) is 12.7. The van der Waals surface area contributed by atoms with Gasteiger partial charge in [-0.3, -0.25) is 4.90 Å². The van der Waals surface area contributed by atoms with Crippen LogP contribution >= 0.6 is 11.6 Å². The van der Waals surface area contributed by atoms with E-state index in [9.17, 15) is 14.3 Å². The van der Waals surface area contributed by atoms with Gasteiger partial charge in [0.1, 0.15) is 12.3 Å². The fourth-order valence-corrected chi connectivity index (χ4v) is 2.73. The Kier molecular flexibility index (Phi) is 5.39. The molecule has 0 unspecified atom stereocenters. The molecule has 0 bridgehead atoms. The maximum atomic E-state index is 13.2. The van der Waals surface area contributed by atoms with Gasteiger partial charge in [0.15, 0.2) is 0 Å². The van der Waals surface area contributed by atoms with Crippen LogP contribution in [0.25, 0.3) is 0 Å². The van der Waals surface area contributed by atoms with Gasteiger partial charge in [0.2, 0.25) is 0 Å². The molecular formula is C14H18ClFN2O3. The molecule has 3 atom stereocenters. The second kappa shape index (κ2) is 7.06. The molecule has 1 aliphatic heterocycles. The number of nitrogens with zero attached hydrogens (tertiary/aromatic N) is 1. The molecule has 0 spiro atoms. The number of carboxylic acid groups (broad SMARTS) is 1. The summed E-state index contributed by atoms with van der Waals surface area (Å²) in [5.41, 5.74) is 0.525. The van der Waals surface area contributed by atoms with E-state index in [1.54, 1.807) is 29.2 Å². The number of likely N-dealkylation sites (tertiary alicyclic amines) is 1. The van der Waals surface area contributed by atoms with Crippen molar-refractivity contribution in [1.82, 2.24) is 10.2 Å². The number of nitrogens with one attached hydrogen (secondary N) is 1. The largest absolute Gasteiger partial charge is 0.465 e. The minimum atomic E-state index is -1.22. The van der Waals surface area contributed by atoms with Gasteiger partial charge in [-0.15, -0.1) is 0 Å². The molecule has 0 aromatic heterocycles. The number of hydrogen-bond acceptors (Lipinski definition) is 3. The number of aliphatic hydroxyl groups excluding tert-OH is 1. The van der Waals surface area contributed by atoms with Crippen LogP contribution in [0.15, 0.2) is 24.3 Å². The van der Waals surface area contributed by atoms with Gasteiger partial charge in [-0.2, -0.15) is 0 Å². The first-order valence-corrected chi connectivity index (χ1v) is 7.13. The Labute approximate surface area is 127 Å². The molecule has 0 radical (unpaired) electrons. The lowest BCUT2D eigenvalue weighted by molar-refractivity contribution is 0.100. The van der Waals surface area contributed by atoms with Crippen molar-refractivity contribution in [3.8, 4) is 0 Å². The SMILES string of the molecule is O=C(O)N[C@H](CN1CC[C@@H](F)C1)[C@H](O)c1cccc(Cl)c1. The normalized spacial score (nSPS) is 22.0. The molecule has 1 amide bonds. The number of amides is 1. The second-order valence-corrected chi connectivity index (χ2v) is 5.64. The lowest BCUT2D eigenvalue weighted by Gasteiger charge is -2.27. The van der Waals surface area contributed by atoms with Crippen molar-refractivity contribution < 1.29 is 19.4 Å². The van der Waals surface area contributed by atoms with Crippen molar-refractivity contribution in [2.45, 2.75) is 24.7 Å². The molecule has 2 rings (SSSR count). The standard InChI is InChI=1S/C14H18ClFN2O3/c15-10-3-1-2-9(6-10)13(19)12(17-14(20)21)8-18-5-4-11(16)7-18/h1-3,6,11-13,17,19H,4-5,7-8H2,(H,20,21)/t11-,12-,13-/m1/s1. The average molecular weight is 317 g/mol. The molecule has 116 valence electrons. The minimum Gasteiger partial charge on any atom is -0.465 e. The number of carbonyl (C=O) groups is 1. The summed E-state index contributed by atoms with van der Waals surface area (Å²) in [6, 6.07) is 5.88. The van der Waals surface area contributed by atoms with E-state index in [0.29, 0.717) is 23.6 Å². The van der Waals surface area contributed by atoms with Crippen LogP contribution in [-0.4, -0.2) is 53.1 Å². The summed E-state index contributed by atoms with van der Waals surface area (Å²) in [7, 11) is 0. The van der Waals surface area contributed by atoms with E-state index >= 15 is 0 Å². The van der Waals surface area contributed by atoms with Gasteiger partial charge >= 0.3 is 6.09 Å². The molecule has 1 heterocycles. The van der Waals surface area contributed by atoms with E-state index in [1.165, 1.54) is 0 Å². The third-order valence-corrected chi connectivity index (χ3v) is 3.79. The highest BCUT2D eigenvalue weighted by Gasteiger charge is 2.29. The van der Waals surface area contributed by atoms with Gasteiger partial charge in [-0.05, 0) is 24.1 Å². The van der Waals surface area contributed by atoms with Crippen LogP contribution in [0.4, 0.5) is 9.18 Å². The zero-order chi connectivity index (χ0) is 15.4. The number of benzene rings is 1. The fraction of sp³-hybridized carbons (Fsp3) is 0.500. The Bertz CT molecular complexity index is 503. The summed E-state index contributed by atoms with van der Waals surface area (Å²) >= 11 is 5.88. The van der Waals surface area contributed by atoms with E-state index < -0.39 is 24.4 Å². The summed E-state index contributed by atoms with van der Waals surface area (Å²) in [6.07, 6.45) is -2.72. The van der Waals surface area contributed by atoms with E-state index in [-0.39, 0.29) is 13.1 Å². The van der Waals surface area contributed by atoms with E-state index in [0.717, 1.165) is 0 Å². The molecule has 1 saturated heterocycles. The first-order valence-electron chi connectivity index (χ1n) is 6.75. The Morgan fingerprint density at radius 2 is 2.33 bits per heavy atom. The van der Waals surface area contributed by atoms with Gasteiger partial charge in [0.05, 0.1) is 6.04 Å². The number of aliphatic hydroxyl groups is 1. The van der Waals surface area contributed by atoms with Gasteiger partial charge < -0.3 is 15.5 Å². The van der Waals surface area contributed by atoms with E-state index in [1.807, 2.05) is 0 Å². The molecule has 1 aromatic carbocycles. The van der Waals surface area contributed by atoms with Crippen LogP contribution in [0, 0.1) is 0 Å². The fourth-order valence-electron chi connectivity index (χ4n) is 2.54. The highest BCUT2D eigenvalue weighted by atomic mass is 35.5.